The maximum atomic E-state index is 13.0. The number of aryl methyl sites for hydroxylation is 2. The summed E-state index contributed by atoms with van der Waals surface area (Å²) in [5.74, 6) is 0.887. The molecule has 4 nitrogen and oxygen atoms in total. The third-order valence-corrected chi connectivity index (χ3v) is 6.34. The van der Waals surface area contributed by atoms with Gasteiger partial charge in [-0.05, 0) is 60.6 Å². The highest BCUT2D eigenvalue weighted by Gasteiger charge is 2.23. The van der Waals surface area contributed by atoms with E-state index in [0.717, 1.165) is 23.3 Å². The van der Waals surface area contributed by atoms with Gasteiger partial charge in [0.25, 0.3) is 0 Å². The van der Waals surface area contributed by atoms with E-state index in [4.69, 9.17) is 4.74 Å². The van der Waals surface area contributed by atoms with E-state index in [1.54, 1.807) is 26.2 Å². The van der Waals surface area contributed by atoms with Gasteiger partial charge in [0.2, 0.25) is 10.0 Å². The zero-order chi connectivity index (χ0) is 19.5. The molecule has 0 fully saturated rings. The Hall–Kier alpha value is -1.85. The average molecular weight is 376 g/mol. The van der Waals surface area contributed by atoms with Crippen molar-refractivity contribution in [1.29, 1.82) is 0 Å². The predicted octanol–water partition coefficient (Wildman–Crippen LogP) is 4.73. The van der Waals surface area contributed by atoms with Crippen LogP contribution in [0.4, 0.5) is 0 Å². The van der Waals surface area contributed by atoms with Crippen molar-refractivity contribution in [2.45, 2.75) is 57.9 Å². The van der Waals surface area contributed by atoms with Crippen molar-refractivity contribution in [3.05, 3.63) is 58.7 Å². The van der Waals surface area contributed by atoms with E-state index in [9.17, 15) is 8.42 Å². The number of methoxy groups -OCH3 is 1. The van der Waals surface area contributed by atoms with Crippen LogP contribution in [0.1, 0.15) is 61.9 Å². The zero-order valence-electron chi connectivity index (χ0n) is 16.5. The van der Waals surface area contributed by atoms with E-state index in [1.807, 2.05) is 45.0 Å². The van der Waals surface area contributed by atoms with Crippen molar-refractivity contribution >= 4 is 10.0 Å². The fourth-order valence-electron chi connectivity index (χ4n) is 3.00. The highest BCUT2D eigenvalue weighted by atomic mass is 32.2. The Labute approximate surface area is 157 Å². The Balaban J connectivity index is 2.35. The molecule has 0 saturated heterocycles. The summed E-state index contributed by atoms with van der Waals surface area (Å²) >= 11 is 0. The monoisotopic (exact) mass is 375 g/mol. The van der Waals surface area contributed by atoms with E-state index < -0.39 is 10.0 Å². The zero-order valence-corrected chi connectivity index (χ0v) is 17.3. The van der Waals surface area contributed by atoms with Crippen LogP contribution in [0.25, 0.3) is 0 Å². The molecule has 0 radical (unpaired) electrons. The van der Waals surface area contributed by atoms with Gasteiger partial charge in [0.1, 0.15) is 5.75 Å². The van der Waals surface area contributed by atoms with Gasteiger partial charge in [0.15, 0.2) is 0 Å². The lowest BCUT2D eigenvalue weighted by atomic mass is 10.0. The van der Waals surface area contributed by atoms with Gasteiger partial charge in [-0.1, -0.05) is 45.0 Å². The number of rotatable bonds is 7. The molecule has 0 spiro atoms. The molecule has 2 aromatic carbocycles. The van der Waals surface area contributed by atoms with Gasteiger partial charge in [-0.25, -0.2) is 13.1 Å². The Bertz CT molecular complexity index is 856. The summed E-state index contributed by atoms with van der Waals surface area (Å²) in [6, 6.07) is 11.2. The second-order valence-electron chi connectivity index (χ2n) is 6.95. The van der Waals surface area contributed by atoms with Gasteiger partial charge in [0.05, 0.1) is 12.0 Å². The average Bonchev–Trinajstić information content (AvgIpc) is 2.60. The molecule has 142 valence electrons. The van der Waals surface area contributed by atoms with Crippen LogP contribution in [-0.2, 0) is 16.4 Å². The smallest absolute Gasteiger partial charge is 0.241 e. The molecule has 2 aromatic rings. The normalized spacial score (nSPS) is 13.0. The molecule has 0 aromatic heterocycles. The highest BCUT2D eigenvalue weighted by molar-refractivity contribution is 7.89. The molecule has 5 heteroatoms. The van der Waals surface area contributed by atoms with Crippen molar-refractivity contribution in [1.82, 2.24) is 4.72 Å². The van der Waals surface area contributed by atoms with Crippen LogP contribution >= 0.6 is 0 Å². The second-order valence-corrected chi connectivity index (χ2v) is 8.63. The first-order chi connectivity index (χ1) is 12.2. The molecule has 0 unspecified atom stereocenters. The minimum absolute atomic E-state index is 0.165. The van der Waals surface area contributed by atoms with Gasteiger partial charge in [-0.3, -0.25) is 0 Å². The fraction of sp³-hybridized carbons (Fsp3) is 0.429. The predicted molar refractivity (Wildman–Crippen MR) is 106 cm³/mol. The van der Waals surface area contributed by atoms with E-state index in [1.165, 1.54) is 5.56 Å². The molecule has 0 heterocycles. The summed E-state index contributed by atoms with van der Waals surface area (Å²) in [4.78, 5) is 0.305. The van der Waals surface area contributed by atoms with Gasteiger partial charge < -0.3 is 4.74 Å². The lowest BCUT2D eigenvalue weighted by Gasteiger charge is -2.19. The molecule has 0 aliphatic rings. The quantitative estimate of drug-likeness (QED) is 0.761. The van der Waals surface area contributed by atoms with Crippen molar-refractivity contribution < 1.29 is 13.2 Å². The maximum Gasteiger partial charge on any atom is 0.241 e. The molecule has 2 rings (SSSR count). The molecule has 1 N–H and O–H groups in total. The number of hydrogen-bond donors (Lipinski definition) is 1. The summed E-state index contributed by atoms with van der Waals surface area (Å²) < 4.78 is 34.2. The minimum Gasteiger partial charge on any atom is -0.496 e. The van der Waals surface area contributed by atoms with Crippen molar-refractivity contribution in [2.75, 3.05) is 7.11 Å². The molecule has 1 atom stereocenters. The lowest BCUT2D eigenvalue weighted by molar-refractivity contribution is 0.406. The van der Waals surface area contributed by atoms with Crippen molar-refractivity contribution in [3.63, 3.8) is 0 Å². The second kappa shape index (κ2) is 8.23. The van der Waals surface area contributed by atoms with E-state index >= 15 is 0 Å². The largest absolute Gasteiger partial charge is 0.496 e. The first kappa shape index (κ1) is 20.5. The third-order valence-electron chi connectivity index (χ3n) is 4.66. The molecule has 0 aliphatic carbocycles. The van der Waals surface area contributed by atoms with Crippen molar-refractivity contribution in [2.24, 2.45) is 0 Å². The summed E-state index contributed by atoms with van der Waals surface area (Å²) in [6.45, 7) is 9.80. The third kappa shape index (κ3) is 4.46. The standard InChI is InChI=1S/C21H29NO3S/c1-7-17-8-10-18(11-9-17)16(5)22-26(23,24)21-13-19(14(2)3)20(25-6)12-15(21)4/h8-14,16,22H,7H2,1-6H3/t16-/m0/s1. The van der Waals surface area contributed by atoms with E-state index in [-0.39, 0.29) is 12.0 Å². The molecular formula is C21H29NO3S. The molecule has 0 amide bonds. The SMILES string of the molecule is CCc1ccc([C@H](C)NS(=O)(=O)c2cc(C(C)C)c(OC)cc2C)cc1. The topological polar surface area (TPSA) is 55.4 Å². The van der Waals surface area contributed by atoms with Gasteiger partial charge in [-0.15, -0.1) is 0 Å². The van der Waals surface area contributed by atoms with E-state index in [0.29, 0.717) is 10.5 Å². The van der Waals surface area contributed by atoms with Crippen LogP contribution in [0.5, 0.6) is 5.75 Å². The highest BCUT2D eigenvalue weighted by Crippen LogP contribution is 2.32. The number of benzene rings is 2. The Morgan fingerprint density at radius 1 is 1.08 bits per heavy atom. The number of ether oxygens (including phenoxy) is 1. The molecule has 26 heavy (non-hydrogen) atoms. The Kier molecular flexibility index (Phi) is 6.48. The van der Waals surface area contributed by atoms with Gasteiger partial charge >= 0.3 is 0 Å². The van der Waals surface area contributed by atoms with Crippen molar-refractivity contribution in [3.8, 4) is 5.75 Å². The fourth-order valence-corrected chi connectivity index (χ4v) is 4.49. The maximum absolute atomic E-state index is 13.0. The van der Waals surface area contributed by atoms with Crippen LogP contribution < -0.4 is 9.46 Å². The summed E-state index contributed by atoms with van der Waals surface area (Å²) in [7, 11) is -2.03. The number of hydrogen-bond acceptors (Lipinski definition) is 3. The summed E-state index contributed by atoms with van der Waals surface area (Å²) in [6.07, 6.45) is 0.962. The van der Waals surface area contributed by atoms with Crippen LogP contribution in [-0.4, -0.2) is 15.5 Å². The Morgan fingerprint density at radius 2 is 1.69 bits per heavy atom. The lowest BCUT2D eigenvalue weighted by Crippen LogP contribution is -2.27. The first-order valence-corrected chi connectivity index (χ1v) is 10.5. The Morgan fingerprint density at radius 3 is 2.19 bits per heavy atom. The summed E-state index contributed by atoms with van der Waals surface area (Å²) in [5.41, 5.74) is 3.74. The van der Waals surface area contributed by atoms with Crippen LogP contribution in [0.2, 0.25) is 0 Å². The first-order valence-electron chi connectivity index (χ1n) is 8.99. The van der Waals surface area contributed by atoms with Crippen LogP contribution in [0, 0.1) is 6.92 Å². The van der Waals surface area contributed by atoms with Crippen LogP contribution in [0.3, 0.4) is 0 Å². The van der Waals surface area contributed by atoms with E-state index in [2.05, 4.69) is 11.6 Å². The number of sulfonamides is 1. The number of nitrogens with one attached hydrogen (secondary N) is 1. The molecule has 0 aliphatic heterocycles. The van der Waals surface area contributed by atoms with Crippen LogP contribution in [0.15, 0.2) is 41.3 Å². The summed E-state index contributed by atoms with van der Waals surface area (Å²) in [5, 5.41) is 0. The molecule has 0 saturated carbocycles. The molecule has 0 bridgehead atoms. The molecular weight excluding hydrogens is 346 g/mol. The van der Waals surface area contributed by atoms with Gasteiger partial charge in [-0.2, -0.15) is 0 Å². The minimum atomic E-state index is -3.64. The van der Waals surface area contributed by atoms with Gasteiger partial charge in [0, 0.05) is 6.04 Å².